The van der Waals surface area contributed by atoms with Crippen molar-refractivity contribution in [3.63, 3.8) is 0 Å². The monoisotopic (exact) mass is 175 g/mol. The number of carbonyl (C=O) groups is 1. The van der Waals surface area contributed by atoms with Gasteiger partial charge in [0.05, 0.1) is 0 Å². The lowest BCUT2D eigenvalue weighted by Gasteiger charge is -2.01. The van der Waals surface area contributed by atoms with Gasteiger partial charge in [-0.15, -0.1) is 6.58 Å². The Morgan fingerprint density at radius 2 is 2.46 bits per heavy atom. The Hall–Kier alpha value is -1.44. The summed E-state index contributed by atoms with van der Waals surface area (Å²) < 4.78 is 0. The van der Waals surface area contributed by atoms with Crippen LogP contribution in [0.2, 0.25) is 0 Å². The molecule has 0 unspecified atom stereocenters. The number of carbonyl (C=O) groups excluding carboxylic acids is 1. The minimum Gasteiger partial charge on any atom is -0.294 e. The molecule has 0 aliphatic rings. The van der Waals surface area contributed by atoms with Crippen LogP contribution >= 0.6 is 0 Å². The van der Waals surface area contributed by atoms with Crippen LogP contribution in [0.5, 0.6) is 0 Å². The van der Waals surface area contributed by atoms with Crippen LogP contribution in [0, 0.1) is 6.92 Å². The lowest BCUT2D eigenvalue weighted by molar-refractivity contribution is 0.0983. The summed E-state index contributed by atoms with van der Waals surface area (Å²) in [6.07, 6.45) is 6.33. The van der Waals surface area contributed by atoms with Crippen LogP contribution in [0.4, 0.5) is 0 Å². The number of ketones is 1. The molecule has 1 rings (SSSR count). The molecular formula is C11H13NO. The maximum Gasteiger partial charge on any atom is 0.164 e. The van der Waals surface area contributed by atoms with Crippen molar-refractivity contribution in [2.75, 3.05) is 0 Å². The lowest BCUT2D eigenvalue weighted by atomic mass is 10.0. The van der Waals surface area contributed by atoms with Crippen molar-refractivity contribution >= 4 is 5.78 Å². The van der Waals surface area contributed by atoms with Crippen LogP contribution in [0.1, 0.15) is 28.8 Å². The molecule has 0 aliphatic heterocycles. The summed E-state index contributed by atoms with van der Waals surface area (Å²) in [5.74, 6) is 0.144. The molecule has 0 amide bonds. The zero-order chi connectivity index (χ0) is 9.68. The lowest BCUT2D eigenvalue weighted by Crippen LogP contribution is -2.01. The number of allylic oxidation sites excluding steroid dienone is 1. The third-order valence-electron chi connectivity index (χ3n) is 1.92. The fourth-order valence-electron chi connectivity index (χ4n) is 1.12. The van der Waals surface area contributed by atoms with Crippen LogP contribution in [-0.2, 0) is 0 Å². The third-order valence-corrected chi connectivity index (χ3v) is 1.92. The van der Waals surface area contributed by atoms with E-state index in [1.165, 1.54) is 0 Å². The topological polar surface area (TPSA) is 30.0 Å². The van der Waals surface area contributed by atoms with Gasteiger partial charge in [-0.1, -0.05) is 6.08 Å². The molecule has 68 valence electrons. The molecule has 0 saturated carbocycles. The van der Waals surface area contributed by atoms with Gasteiger partial charge in [0.15, 0.2) is 5.78 Å². The summed E-state index contributed by atoms with van der Waals surface area (Å²) in [5, 5.41) is 0. The standard InChI is InChI=1S/C11H13NO/c1-3-4-5-11(13)10-8-12-7-6-9(10)2/h3,6-8H,1,4-5H2,2H3. The van der Waals surface area contributed by atoms with Gasteiger partial charge in [0, 0.05) is 24.4 Å². The van der Waals surface area contributed by atoms with E-state index in [0.717, 1.165) is 17.5 Å². The molecule has 1 aromatic rings. The van der Waals surface area contributed by atoms with Gasteiger partial charge >= 0.3 is 0 Å². The van der Waals surface area contributed by atoms with Crippen LogP contribution in [0.3, 0.4) is 0 Å². The van der Waals surface area contributed by atoms with E-state index in [1.807, 2.05) is 13.0 Å². The van der Waals surface area contributed by atoms with Crippen molar-refractivity contribution < 1.29 is 4.79 Å². The average molecular weight is 175 g/mol. The Bertz CT molecular complexity index is 318. The molecule has 0 bridgehead atoms. The van der Waals surface area contributed by atoms with Crippen LogP contribution in [0.15, 0.2) is 31.1 Å². The van der Waals surface area contributed by atoms with E-state index < -0.39 is 0 Å². The van der Waals surface area contributed by atoms with E-state index >= 15 is 0 Å². The number of Topliss-reactive ketones (excluding diaryl/α,β-unsaturated/α-hetero) is 1. The molecule has 0 N–H and O–H groups in total. The number of pyridine rings is 1. The molecule has 13 heavy (non-hydrogen) atoms. The average Bonchev–Trinajstić information content (AvgIpc) is 2.15. The molecule has 0 atom stereocenters. The predicted molar refractivity (Wildman–Crippen MR) is 52.7 cm³/mol. The molecule has 2 nitrogen and oxygen atoms in total. The quantitative estimate of drug-likeness (QED) is 0.520. The molecule has 0 aromatic carbocycles. The molecule has 0 saturated heterocycles. The second-order valence-electron chi connectivity index (χ2n) is 2.94. The Morgan fingerprint density at radius 1 is 1.69 bits per heavy atom. The highest BCUT2D eigenvalue weighted by Crippen LogP contribution is 2.09. The highest BCUT2D eigenvalue weighted by atomic mass is 16.1. The van der Waals surface area contributed by atoms with Gasteiger partial charge in [-0.3, -0.25) is 9.78 Å². The maximum absolute atomic E-state index is 11.5. The largest absolute Gasteiger partial charge is 0.294 e. The second kappa shape index (κ2) is 4.55. The van der Waals surface area contributed by atoms with Gasteiger partial charge in [-0.2, -0.15) is 0 Å². The first-order valence-corrected chi connectivity index (χ1v) is 4.30. The fraction of sp³-hybridized carbons (Fsp3) is 0.273. The zero-order valence-corrected chi connectivity index (χ0v) is 7.79. The Kier molecular flexibility index (Phi) is 3.38. The Balaban J connectivity index is 2.76. The van der Waals surface area contributed by atoms with E-state index in [-0.39, 0.29) is 5.78 Å². The molecule has 0 spiro atoms. The molecule has 1 aromatic heterocycles. The molecule has 1 heterocycles. The molecular weight excluding hydrogens is 162 g/mol. The van der Waals surface area contributed by atoms with E-state index in [1.54, 1.807) is 18.5 Å². The number of hydrogen-bond acceptors (Lipinski definition) is 2. The van der Waals surface area contributed by atoms with Crippen molar-refractivity contribution in [2.24, 2.45) is 0 Å². The van der Waals surface area contributed by atoms with Crippen LogP contribution < -0.4 is 0 Å². The maximum atomic E-state index is 11.5. The number of nitrogens with zero attached hydrogens (tertiary/aromatic N) is 1. The highest BCUT2D eigenvalue weighted by Gasteiger charge is 2.06. The molecule has 2 heteroatoms. The van der Waals surface area contributed by atoms with Gasteiger partial charge in [0.2, 0.25) is 0 Å². The minimum atomic E-state index is 0.144. The van der Waals surface area contributed by atoms with Gasteiger partial charge < -0.3 is 0 Å². The first-order valence-electron chi connectivity index (χ1n) is 4.30. The molecule has 0 radical (unpaired) electrons. The summed E-state index contributed by atoms with van der Waals surface area (Å²) in [7, 11) is 0. The van der Waals surface area contributed by atoms with Gasteiger partial charge in [0.1, 0.15) is 0 Å². The van der Waals surface area contributed by atoms with Crippen molar-refractivity contribution in [3.8, 4) is 0 Å². The number of rotatable bonds is 4. The molecule has 0 aliphatic carbocycles. The number of aryl methyl sites for hydroxylation is 1. The van der Waals surface area contributed by atoms with Crippen molar-refractivity contribution in [2.45, 2.75) is 19.8 Å². The summed E-state index contributed by atoms with van der Waals surface area (Å²) >= 11 is 0. The summed E-state index contributed by atoms with van der Waals surface area (Å²) in [6, 6.07) is 1.85. The van der Waals surface area contributed by atoms with Crippen molar-refractivity contribution in [3.05, 3.63) is 42.2 Å². The zero-order valence-electron chi connectivity index (χ0n) is 7.79. The molecule has 0 fully saturated rings. The normalized spacial score (nSPS) is 9.62. The van der Waals surface area contributed by atoms with E-state index in [9.17, 15) is 4.79 Å². The van der Waals surface area contributed by atoms with Gasteiger partial charge in [-0.05, 0) is 25.0 Å². The van der Waals surface area contributed by atoms with E-state index in [4.69, 9.17) is 0 Å². The number of aromatic nitrogens is 1. The summed E-state index contributed by atoms with van der Waals surface area (Å²) in [6.45, 7) is 5.50. The fourth-order valence-corrected chi connectivity index (χ4v) is 1.12. The Morgan fingerprint density at radius 3 is 3.08 bits per heavy atom. The predicted octanol–water partition coefficient (Wildman–Crippen LogP) is 2.54. The SMILES string of the molecule is C=CCCC(=O)c1cnccc1C. The van der Waals surface area contributed by atoms with Gasteiger partial charge in [0.25, 0.3) is 0 Å². The highest BCUT2D eigenvalue weighted by molar-refractivity contribution is 5.97. The van der Waals surface area contributed by atoms with Crippen molar-refractivity contribution in [1.29, 1.82) is 0 Å². The minimum absolute atomic E-state index is 0.144. The summed E-state index contributed by atoms with van der Waals surface area (Å²) in [5.41, 5.74) is 1.72. The van der Waals surface area contributed by atoms with Crippen LogP contribution in [-0.4, -0.2) is 10.8 Å². The van der Waals surface area contributed by atoms with E-state index in [0.29, 0.717) is 6.42 Å². The van der Waals surface area contributed by atoms with Crippen molar-refractivity contribution in [1.82, 2.24) is 4.98 Å². The first-order chi connectivity index (χ1) is 6.25. The van der Waals surface area contributed by atoms with Crippen LogP contribution in [0.25, 0.3) is 0 Å². The van der Waals surface area contributed by atoms with Gasteiger partial charge in [-0.25, -0.2) is 0 Å². The Labute approximate surface area is 78.3 Å². The smallest absolute Gasteiger partial charge is 0.164 e. The number of hydrogen-bond donors (Lipinski definition) is 0. The second-order valence-corrected chi connectivity index (χ2v) is 2.94. The third kappa shape index (κ3) is 2.51. The first kappa shape index (κ1) is 9.65. The van der Waals surface area contributed by atoms with E-state index in [2.05, 4.69) is 11.6 Å². The summed E-state index contributed by atoms with van der Waals surface area (Å²) in [4.78, 5) is 15.5.